The molecule has 0 aliphatic rings. The summed E-state index contributed by atoms with van der Waals surface area (Å²) in [5.74, 6) is 0. The quantitative estimate of drug-likeness (QED) is 0.0493. The number of aryl methyl sites for hydroxylation is 3. The van der Waals surface area contributed by atoms with Gasteiger partial charge in [-0.15, -0.1) is 0 Å². The molecule has 0 atom stereocenters. The molecular weight excluding hydrogens is 567 g/mol. The Hall–Kier alpha value is -0.850. The maximum Gasteiger partial charge on any atom is 0.171 e. The van der Waals surface area contributed by atoms with Crippen molar-refractivity contribution in [2.24, 2.45) is 0 Å². The minimum absolute atomic E-state index is 1.22. The van der Waals surface area contributed by atoms with E-state index in [0.717, 1.165) is 0 Å². The molecule has 276 valence electrons. The lowest BCUT2D eigenvalue weighted by molar-refractivity contribution is -0.698. The van der Waals surface area contributed by atoms with E-state index in [2.05, 4.69) is 43.8 Å². The third-order valence-electron chi connectivity index (χ3n) is 10.7. The fraction of sp³-hybridized carbons (Fsp3) is 0.891. The maximum absolute atomic E-state index is 2.58. The first kappa shape index (κ1) is 44.2. The lowest BCUT2D eigenvalue weighted by Crippen LogP contribution is -2.34. The van der Waals surface area contributed by atoms with Gasteiger partial charge in [-0.1, -0.05) is 220 Å². The van der Waals surface area contributed by atoms with Crippen LogP contribution < -0.4 is 4.57 Å². The molecule has 1 aromatic rings. The molecule has 0 amide bonds. The molecule has 0 fully saturated rings. The van der Waals surface area contributed by atoms with Crippen molar-refractivity contribution in [1.82, 2.24) is 0 Å². The fourth-order valence-corrected chi connectivity index (χ4v) is 7.48. The first-order valence-electron chi connectivity index (χ1n) is 22.3. The SMILES string of the molecule is CCCCCCCCCCCCCCc1cc(CCCCCCCCCCCCCC)c[n+](CCCCCCCCCCCCC)c1. The number of rotatable bonds is 38. The summed E-state index contributed by atoms with van der Waals surface area (Å²) in [6.45, 7) is 8.16. The van der Waals surface area contributed by atoms with Crippen molar-refractivity contribution >= 4 is 0 Å². The fourth-order valence-electron chi connectivity index (χ4n) is 7.48. The molecule has 1 rings (SSSR count). The number of pyridine rings is 1. The Bertz CT molecular complexity index is 692. The summed E-state index contributed by atoms with van der Waals surface area (Å²) in [5, 5.41) is 0. The van der Waals surface area contributed by atoms with Crippen LogP contribution in [0.2, 0.25) is 0 Å². The van der Waals surface area contributed by atoms with Crippen LogP contribution in [0.3, 0.4) is 0 Å². The van der Waals surface area contributed by atoms with Gasteiger partial charge in [0.25, 0.3) is 0 Å². The summed E-state index contributed by atoms with van der Waals surface area (Å²) in [6, 6.07) is 2.58. The summed E-state index contributed by atoms with van der Waals surface area (Å²) < 4.78 is 2.58. The van der Waals surface area contributed by atoms with Gasteiger partial charge in [0.2, 0.25) is 0 Å². The summed E-state index contributed by atoms with van der Waals surface area (Å²) in [4.78, 5) is 0. The molecule has 0 saturated carbocycles. The molecule has 0 spiro atoms. The summed E-state index contributed by atoms with van der Waals surface area (Å²) in [7, 11) is 0. The highest BCUT2D eigenvalue weighted by atomic mass is 14.9. The topological polar surface area (TPSA) is 3.88 Å². The Balaban J connectivity index is 2.32. The molecule has 1 aromatic heterocycles. The van der Waals surface area contributed by atoms with Gasteiger partial charge in [-0.25, -0.2) is 4.57 Å². The van der Waals surface area contributed by atoms with Gasteiger partial charge in [0.15, 0.2) is 12.4 Å². The third kappa shape index (κ3) is 30.9. The smallest absolute Gasteiger partial charge is 0.171 e. The highest BCUT2D eigenvalue weighted by Crippen LogP contribution is 2.17. The number of aromatic nitrogens is 1. The molecule has 0 saturated heterocycles. The zero-order valence-corrected chi connectivity index (χ0v) is 33.0. The zero-order chi connectivity index (χ0) is 33.7. The Kier molecular flexibility index (Phi) is 34.2. The number of hydrogen-bond donors (Lipinski definition) is 0. The van der Waals surface area contributed by atoms with Crippen LogP contribution in [-0.2, 0) is 19.4 Å². The molecular formula is C46H88N+. The van der Waals surface area contributed by atoms with Crippen molar-refractivity contribution in [3.05, 3.63) is 29.6 Å². The monoisotopic (exact) mass is 655 g/mol. The van der Waals surface area contributed by atoms with E-state index >= 15 is 0 Å². The highest BCUT2D eigenvalue weighted by molar-refractivity contribution is 5.15. The summed E-state index contributed by atoms with van der Waals surface area (Å²) in [6.07, 6.45) is 57.8. The van der Waals surface area contributed by atoms with Gasteiger partial charge >= 0.3 is 0 Å². The third-order valence-corrected chi connectivity index (χ3v) is 10.7. The normalized spacial score (nSPS) is 11.6. The van der Waals surface area contributed by atoms with E-state index in [1.807, 2.05) is 0 Å². The minimum atomic E-state index is 1.22. The predicted octanol–water partition coefficient (Wildman–Crippen LogP) is 15.8. The van der Waals surface area contributed by atoms with Gasteiger partial charge in [-0.3, -0.25) is 0 Å². The molecule has 47 heavy (non-hydrogen) atoms. The summed E-state index contributed by atoms with van der Waals surface area (Å²) in [5.41, 5.74) is 3.22. The van der Waals surface area contributed by atoms with E-state index in [9.17, 15) is 0 Å². The molecule has 1 heteroatoms. The Morgan fingerprint density at radius 2 is 0.532 bits per heavy atom. The van der Waals surface area contributed by atoms with Crippen LogP contribution in [0.5, 0.6) is 0 Å². The van der Waals surface area contributed by atoms with Crippen LogP contribution in [0.1, 0.15) is 257 Å². The van der Waals surface area contributed by atoms with Crippen LogP contribution >= 0.6 is 0 Å². The molecule has 0 N–H and O–H groups in total. The van der Waals surface area contributed by atoms with Crippen molar-refractivity contribution in [1.29, 1.82) is 0 Å². The average molecular weight is 655 g/mol. The maximum atomic E-state index is 2.58. The standard InChI is InChI=1S/C46H88N/c1-4-7-10-13-16-19-22-24-27-30-33-36-39-45-42-46(40-37-34-31-28-25-23-20-17-14-11-8-5-2)44-47(43-45)41-38-35-32-29-26-21-18-15-12-9-6-3/h42-44H,4-41H2,1-3H3/q+1. The van der Waals surface area contributed by atoms with E-state index in [1.165, 1.54) is 244 Å². The van der Waals surface area contributed by atoms with Crippen LogP contribution in [0.15, 0.2) is 18.5 Å². The molecule has 0 aliphatic carbocycles. The van der Waals surface area contributed by atoms with E-state index in [1.54, 1.807) is 11.1 Å². The van der Waals surface area contributed by atoms with Gasteiger partial charge < -0.3 is 0 Å². The van der Waals surface area contributed by atoms with Crippen LogP contribution in [-0.4, -0.2) is 0 Å². The summed E-state index contributed by atoms with van der Waals surface area (Å²) >= 11 is 0. The van der Waals surface area contributed by atoms with E-state index < -0.39 is 0 Å². The van der Waals surface area contributed by atoms with Crippen LogP contribution in [0.25, 0.3) is 0 Å². The molecule has 1 heterocycles. The molecule has 0 unspecified atom stereocenters. The lowest BCUT2D eigenvalue weighted by Gasteiger charge is -2.07. The van der Waals surface area contributed by atoms with Gasteiger partial charge in [0, 0.05) is 17.5 Å². The zero-order valence-electron chi connectivity index (χ0n) is 33.0. The van der Waals surface area contributed by atoms with Crippen LogP contribution in [0, 0.1) is 0 Å². The Morgan fingerprint density at radius 3 is 0.809 bits per heavy atom. The van der Waals surface area contributed by atoms with Crippen molar-refractivity contribution in [3.8, 4) is 0 Å². The second-order valence-corrected chi connectivity index (χ2v) is 15.6. The average Bonchev–Trinajstić information content (AvgIpc) is 3.08. The van der Waals surface area contributed by atoms with E-state index in [-0.39, 0.29) is 0 Å². The molecule has 0 aromatic carbocycles. The first-order chi connectivity index (χ1) is 23.3. The van der Waals surface area contributed by atoms with Gasteiger partial charge in [-0.2, -0.15) is 0 Å². The molecule has 0 aliphatic heterocycles. The second kappa shape index (κ2) is 36.4. The van der Waals surface area contributed by atoms with Gasteiger partial charge in [0.1, 0.15) is 6.54 Å². The number of hydrogen-bond acceptors (Lipinski definition) is 0. The number of unbranched alkanes of at least 4 members (excludes halogenated alkanes) is 32. The van der Waals surface area contributed by atoms with E-state index in [4.69, 9.17) is 0 Å². The van der Waals surface area contributed by atoms with E-state index in [0.29, 0.717) is 0 Å². The molecule has 0 bridgehead atoms. The molecule has 1 nitrogen and oxygen atoms in total. The number of nitrogens with zero attached hydrogens (tertiary/aromatic N) is 1. The van der Waals surface area contributed by atoms with Crippen molar-refractivity contribution in [2.75, 3.05) is 0 Å². The molecule has 0 radical (unpaired) electrons. The van der Waals surface area contributed by atoms with Crippen LogP contribution in [0.4, 0.5) is 0 Å². The Morgan fingerprint density at radius 1 is 0.298 bits per heavy atom. The highest BCUT2D eigenvalue weighted by Gasteiger charge is 2.09. The predicted molar refractivity (Wildman–Crippen MR) is 213 cm³/mol. The first-order valence-corrected chi connectivity index (χ1v) is 22.3. The Labute approximate surface area is 298 Å². The van der Waals surface area contributed by atoms with Crippen molar-refractivity contribution < 1.29 is 4.57 Å². The lowest BCUT2D eigenvalue weighted by atomic mass is 10.0. The van der Waals surface area contributed by atoms with Crippen molar-refractivity contribution in [3.63, 3.8) is 0 Å². The van der Waals surface area contributed by atoms with Gasteiger partial charge in [-0.05, 0) is 38.2 Å². The minimum Gasteiger partial charge on any atom is -0.205 e. The second-order valence-electron chi connectivity index (χ2n) is 15.6. The largest absolute Gasteiger partial charge is 0.205 e. The van der Waals surface area contributed by atoms with Crippen molar-refractivity contribution in [2.45, 2.75) is 265 Å². The van der Waals surface area contributed by atoms with Gasteiger partial charge in [0.05, 0.1) is 0 Å².